The molecule has 0 radical (unpaired) electrons. The van der Waals surface area contributed by atoms with Crippen molar-refractivity contribution >= 4 is 23.6 Å². The van der Waals surface area contributed by atoms with E-state index < -0.39 is 28.3 Å². The molecule has 0 saturated heterocycles. The van der Waals surface area contributed by atoms with Crippen molar-refractivity contribution in [2.45, 2.75) is 151 Å². The van der Waals surface area contributed by atoms with E-state index in [1.807, 2.05) is 18.2 Å². The van der Waals surface area contributed by atoms with Crippen LogP contribution in [-0.4, -0.2) is 39.8 Å². The van der Waals surface area contributed by atoms with Gasteiger partial charge in [0.15, 0.2) is 5.78 Å². The zero-order valence-electron chi connectivity index (χ0n) is 34.3. The van der Waals surface area contributed by atoms with Crippen molar-refractivity contribution in [1.82, 2.24) is 10.3 Å². The molecule has 6 aliphatic carbocycles. The molecule has 0 aromatic carbocycles. The highest BCUT2D eigenvalue weighted by molar-refractivity contribution is 6.01. The van der Waals surface area contributed by atoms with Gasteiger partial charge in [-0.1, -0.05) is 60.6 Å². The van der Waals surface area contributed by atoms with E-state index in [0.717, 1.165) is 75.5 Å². The normalized spacial score (nSPS) is 37.9. The largest absolute Gasteiger partial charge is 0.481 e. The van der Waals surface area contributed by atoms with Crippen molar-refractivity contribution in [3.05, 3.63) is 53.4 Å². The molecule has 54 heavy (non-hydrogen) atoms. The number of hydrogen-bond acceptors (Lipinski definition) is 6. The lowest BCUT2D eigenvalue weighted by Crippen LogP contribution is -2.64. The second kappa shape index (κ2) is 12.9. The van der Waals surface area contributed by atoms with Crippen LogP contribution in [0.25, 0.3) is 0 Å². The fourth-order valence-electron chi connectivity index (χ4n) is 13.7. The fourth-order valence-corrected chi connectivity index (χ4v) is 13.7. The van der Waals surface area contributed by atoms with Gasteiger partial charge in [0.1, 0.15) is 6.10 Å². The van der Waals surface area contributed by atoms with Crippen molar-refractivity contribution in [3.63, 3.8) is 0 Å². The number of ether oxygens (including phenoxy) is 1. The van der Waals surface area contributed by atoms with E-state index in [4.69, 9.17) is 4.74 Å². The summed E-state index contributed by atoms with van der Waals surface area (Å²) >= 11 is 0. The lowest BCUT2D eigenvalue weighted by molar-refractivity contribution is -0.221. The van der Waals surface area contributed by atoms with Gasteiger partial charge in [0, 0.05) is 23.4 Å². The molecule has 6 aliphatic rings. The Morgan fingerprint density at radius 2 is 1.57 bits per heavy atom. The SMILES string of the molecule is CC(C)C1=C2[C@@](/C=C/C(=O)NC3(c4ccccn4)CC3)(CC[C@H]3[C@]4(C)CC[C@H]5C(C)(C)[C@@H](OC(=O)CC(C)(C)C(=O)O)CC[C@]5(C)[C@H]4CC[C@]23C)CC1=O. The monoisotopic (exact) mass is 740 g/mol. The van der Waals surface area contributed by atoms with Crippen LogP contribution in [-0.2, 0) is 29.5 Å². The molecule has 8 atom stereocenters. The first-order chi connectivity index (χ1) is 25.2. The lowest BCUT2D eigenvalue weighted by Gasteiger charge is -2.70. The number of carbonyl (C=O) groups excluding carboxylic acids is 3. The summed E-state index contributed by atoms with van der Waals surface area (Å²) in [5, 5.41) is 12.9. The van der Waals surface area contributed by atoms with Crippen molar-refractivity contribution in [2.24, 2.45) is 56.2 Å². The summed E-state index contributed by atoms with van der Waals surface area (Å²) in [4.78, 5) is 57.1. The summed E-state index contributed by atoms with van der Waals surface area (Å²) in [6.45, 7) is 19.6. The Bertz CT molecular complexity index is 1790. The first-order valence-electron chi connectivity index (χ1n) is 20.8. The van der Waals surface area contributed by atoms with Crippen molar-refractivity contribution < 1.29 is 29.0 Å². The fraction of sp³-hybridized carbons (Fsp3) is 0.717. The van der Waals surface area contributed by atoms with E-state index >= 15 is 0 Å². The molecule has 8 heteroatoms. The van der Waals surface area contributed by atoms with Crippen LogP contribution in [0.3, 0.4) is 0 Å². The number of ketones is 1. The van der Waals surface area contributed by atoms with Gasteiger partial charge in [0.2, 0.25) is 5.91 Å². The molecular weight excluding hydrogens is 677 g/mol. The van der Waals surface area contributed by atoms with E-state index in [1.165, 1.54) is 5.57 Å². The maximum atomic E-state index is 14.1. The molecule has 5 saturated carbocycles. The third kappa shape index (κ3) is 5.93. The molecule has 1 aromatic heterocycles. The zero-order valence-corrected chi connectivity index (χ0v) is 34.3. The number of carbonyl (C=O) groups is 4. The highest BCUT2D eigenvalue weighted by Crippen LogP contribution is 2.76. The van der Waals surface area contributed by atoms with E-state index in [1.54, 1.807) is 26.1 Å². The second-order valence-corrected chi connectivity index (χ2v) is 20.7. The van der Waals surface area contributed by atoms with E-state index in [-0.39, 0.29) is 51.8 Å². The summed E-state index contributed by atoms with van der Waals surface area (Å²) in [7, 11) is 0. The van der Waals surface area contributed by atoms with Crippen molar-refractivity contribution in [2.75, 3.05) is 0 Å². The standard InChI is InChI=1S/C46H64N2O6/c1-28(2)37-29(49)26-45(22-17-35(50)48-46(23-24-46)33-12-10-11-25-47-33)21-15-32-43(8)18-13-30-41(5,6)34(54-36(51)27-40(3,4)39(52)53)16-20-42(30,7)31(43)14-19-44(32,9)38(37)45/h10-12,17,22,25,28,30-32,34H,13-16,18-21,23-24,26-27H2,1-9H3,(H,48,50)(H,52,53)/b22-17+/t30-,31+,32-,34-,42-,43+,44-,45+/m0/s1. The molecular formula is C46H64N2O6. The average molecular weight is 741 g/mol. The Balaban J connectivity index is 1.15. The average Bonchev–Trinajstić information content (AvgIpc) is 3.79. The van der Waals surface area contributed by atoms with Crippen LogP contribution in [0.1, 0.15) is 145 Å². The molecule has 2 N–H and O–H groups in total. The van der Waals surface area contributed by atoms with Gasteiger partial charge in [-0.15, -0.1) is 0 Å². The molecule has 1 amide bonds. The quantitative estimate of drug-likeness (QED) is 0.191. The minimum absolute atomic E-state index is 0.0702. The maximum absolute atomic E-state index is 14.1. The predicted octanol–water partition coefficient (Wildman–Crippen LogP) is 9.14. The Morgan fingerprint density at radius 1 is 0.926 bits per heavy atom. The number of carboxylic acid groups (broad SMARTS) is 1. The topological polar surface area (TPSA) is 123 Å². The Hall–Kier alpha value is -3.29. The van der Waals surface area contributed by atoms with Gasteiger partial charge in [-0.05, 0) is 147 Å². The van der Waals surface area contributed by atoms with Crippen LogP contribution < -0.4 is 5.32 Å². The number of nitrogens with one attached hydrogen (secondary N) is 1. The van der Waals surface area contributed by atoms with Crippen LogP contribution in [0.2, 0.25) is 0 Å². The number of aliphatic carboxylic acids is 1. The van der Waals surface area contributed by atoms with Gasteiger partial charge >= 0.3 is 11.9 Å². The molecule has 5 fully saturated rings. The zero-order chi connectivity index (χ0) is 39.3. The summed E-state index contributed by atoms with van der Waals surface area (Å²) in [5.74, 6) is 0.134. The number of aromatic nitrogens is 1. The molecule has 0 aliphatic heterocycles. The van der Waals surface area contributed by atoms with E-state index in [9.17, 15) is 24.3 Å². The van der Waals surface area contributed by atoms with Gasteiger partial charge < -0.3 is 15.2 Å². The number of allylic oxidation sites excluding steroid dienone is 3. The van der Waals surface area contributed by atoms with Gasteiger partial charge in [0.05, 0.1) is 23.1 Å². The lowest BCUT2D eigenvalue weighted by atomic mass is 9.34. The number of fused-ring (bicyclic) bond motifs is 7. The molecule has 1 aromatic rings. The predicted molar refractivity (Wildman–Crippen MR) is 208 cm³/mol. The van der Waals surface area contributed by atoms with Crippen molar-refractivity contribution in [1.29, 1.82) is 0 Å². The minimum atomic E-state index is -1.17. The van der Waals surface area contributed by atoms with Crippen LogP contribution >= 0.6 is 0 Å². The highest BCUT2D eigenvalue weighted by atomic mass is 16.5. The van der Waals surface area contributed by atoms with Gasteiger partial charge in [0.25, 0.3) is 0 Å². The molecule has 1 heterocycles. The maximum Gasteiger partial charge on any atom is 0.309 e. The molecule has 0 spiro atoms. The molecule has 0 unspecified atom stereocenters. The highest BCUT2D eigenvalue weighted by Gasteiger charge is 2.69. The summed E-state index contributed by atoms with van der Waals surface area (Å²) in [5.41, 5.74) is 0.998. The van der Waals surface area contributed by atoms with Gasteiger partial charge in [-0.3, -0.25) is 24.2 Å². The second-order valence-electron chi connectivity index (χ2n) is 20.7. The number of carboxylic acids is 1. The molecule has 0 bridgehead atoms. The third-order valence-electron chi connectivity index (χ3n) is 16.4. The number of nitrogens with zero attached hydrogens (tertiary/aromatic N) is 1. The van der Waals surface area contributed by atoms with Gasteiger partial charge in [-0.25, -0.2) is 0 Å². The number of amides is 1. The number of pyridine rings is 1. The summed E-state index contributed by atoms with van der Waals surface area (Å²) in [6, 6.07) is 5.85. The van der Waals surface area contributed by atoms with Crippen molar-refractivity contribution in [3.8, 4) is 0 Å². The molecule has 294 valence electrons. The number of rotatable bonds is 9. The van der Waals surface area contributed by atoms with E-state index in [2.05, 4.69) is 64.8 Å². The van der Waals surface area contributed by atoms with Gasteiger partial charge in [-0.2, -0.15) is 0 Å². The van der Waals surface area contributed by atoms with E-state index in [0.29, 0.717) is 24.2 Å². The first-order valence-corrected chi connectivity index (χ1v) is 20.8. The van der Waals surface area contributed by atoms with Crippen LogP contribution in [0, 0.1) is 56.2 Å². The van der Waals surface area contributed by atoms with Crippen LogP contribution in [0.15, 0.2) is 47.7 Å². The smallest absolute Gasteiger partial charge is 0.309 e. The van der Waals surface area contributed by atoms with Crippen LogP contribution in [0.4, 0.5) is 0 Å². The Morgan fingerprint density at radius 3 is 2.20 bits per heavy atom. The van der Waals surface area contributed by atoms with Crippen LogP contribution in [0.5, 0.6) is 0 Å². The molecule has 8 nitrogen and oxygen atoms in total. The first kappa shape index (κ1) is 39.0. The third-order valence-corrected chi connectivity index (χ3v) is 16.4. The number of esters is 1. The Labute approximate surface area is 322 Å². The number of hydrogen-bond donors (Lipinski definition) is 2. The molecule has 7 rings (SSSR count). The number of Topliss-reactive ketones (excluding diaryl/α,β-unsaturated/α-hetero) is 1. The minimum Gasteiger partial charge on any atom is -0.481 e. The summed E-state index contributed by atoms with van der Waals surface area (Å²) < 4.78 is 6.17. The summed E-state index contributed by atoms with van der Waals surface area (Å²) in [6.07, 6.45) is 15.4. The Kier molecular flexibility index (Phi) is 9.29.